The molecule has 23 aromatic rings. The first kappa shape index (κ1) is 74.0. The molecule has 0 spiro atoms. The maximum atomic E-state index is 7.17. The highest BCUT2D eigenvalue weighted by Gasteiger charge is 2.50. The molecule has 1 unspecified atom stereocenters. The van der Waals surface area contributed by atoms with Gasteiger partial charge < -0.3 is 18.6 Å². The summed E-state index contributed by atoms with van der Waals surface area (Å²) in [6.45, 7) is 0. The second kappa shape index (κ2) is 30.1. The number of hydrogen-bond donors (Lipinski definition) is 0. The standard InChI is InChI=1S/C124H80N2O2/c1-4-34-93(35-5-1)123(94-36-6-2-7-37-94)109-50-19-14-44-107(109)119-111(123)52-27-56-115(119)126(98-74-69-86(70-75-98)91-66-64-82-30-11-13-32-88(82)78-91)116-80-92(71-76-100(116)104-47-26-49-106-102-43-18-23-58-118(102)128-122(104)106)89-33-24-40-96(79-89)124(95-38-8-3-9-39-95)110-51-20-15-45-108(110)120-112(124)53-28-55-114(120)125(113-54-21-16-41-99(113)103-46-25-48-105-101-42-17-22-57-117(101)127-121(103)105)97-72-67-84(68-73-97)83-59-61-85(62-60-83)90-65-63-81-29-10-12-31-87(81)77-90/h1-80H. The van der Waals surface area contributed by atoms with Crippen LogP contribution in [0.25, 0.3) is 154 Å². The second-order valence-corrected chi connectivity index (χ2v) is 33.9. The van der Waals surface area contributed by atoms with E-state index >= 15 is 0 Å². The van der Waals surface area contributed by atoms with Gasteiger partial charge in [-0.05, 0) is 201 Å². The number of fused-ring (bicyclic) bond motifs is 14. The summed E-state index contributed by atoms with van der Waals surface area (Å²) in [5.74, 6) is 0. The second-order valence-electron chi connectivity index (χ2n) is 33.9. The molecule has 1 atom stereocenters. The van der Waals surface area contributed by atoms with Gasteiger partial charge in [0, 0.05) is 66.3 Å². The minimum atomic E-state index is -0.854. The number of hydrogen-bond acceptors (Lipinski definition) is 4. The Bertz CT molecular complexity index is 8270. The smallest absolute Gasteiger partial charge is 0.143 e. The van der Waals surface area contributed by atoms with Crippen molar-refractivity contribution in [1.82, 2.24) is 0 Å². The summed E-state index contributed by atoms with van der Waals surface area (Å²) in [5, 5.41) is 9.18. The third-order valence-corrected chi connectivity index (χ3v) is 27.2. The van der Waals surface area contributed by atoms with Gasteiger partial charge in [-0.3, -0.25) is 0 Å². The van der Waals surface area contributed by atoms with Crippen LogP contribution in [0.3, 0.4) is 0 Å². The number of rotatable bonds is 16. The van der Waals surface area contributed by atoms with Crippen LogP contribution in [0.5, 0.6) is 0 Å². The van der Waals surface area contributed by atoms with Gasteiger partial charge in [0.25, 0.3) is 0 Å². The molecule has 2 aliphatic rings. The molecule has 2 aliphatic carbocycles. The van der Waals surface area contributed by atoms with Gasteiger partial charge in [-0.15, -0.1) is 0 Å². The predicted octanol–water partition coefficient (Wildman–Crippen LogP) is 33.5. The lowest BCUT2D eigenvalue weighted by molar-refractivity contribution is 0.669. The van der Waals surface area contributed by atoms with Crippen molar-refractivity contribution in [3.63, 3.8) is 0 Å². The van der Waals surface area contributed by atoms with Crippen molar-refractivity contribution in [2.45, 2.75) is 10.8 Å². The number of anilines is 6. The average Bonchev–Trinajstić information content (AvgIpc) is 1.54. The van der Waals surface area contributed by atoms with Gasteiger partial charge in [-0.25, -0.2) is 0 Å². The van der Waals surface area contributed by atoms with Gasteiger partial charge in [-0.2, -0.15) is 0 Å². The van der Waals surface area contributed by atoms with Crippen molar-refractivity contribution < 1.29 is 8.83 Å². The van der Waals surface area contributed by atoms with Crippen LogP contribution in [0.15, 0.2) is 494 Å². The Morgan fingerprint density at radius 3 is 1.00 bits per heavy atom. The fourth-order valence-electron chi connectivity index (χ4n) is 21.5. The van der Waals surface area contributed by atoms with E-state index in [4.69, 9.17) is 8.83 Å². The SMILES string of the molecule is c1ccc(C2(c3cccc(-c4ccc(-c5cccc6c5oc5ccccc56)c(N(c5ccc(-c6ccc7ccccc7c6)cc5)c5cccc6c5-c5ccccc5C6(c5ccccc5)c5ccccc5)c4)c3)c3ccccc3-c3c(N(c4ccc(-c5ccc(-c6ccc7ccccc7c6)cc5)cc4)c4ccccc4-c4cccc5c4oc4ccccc45)cccc32)cc1. The lowest BCUT2D eigenvalue weighted by Gasteiger charge is -2.35. The molecule has 2 aromatic heterocycles. The largest absolute Gasteiger partial charge is 0.455 e. The summed E-state index contributed by atoms with van der Waals surface area (Å²) < 4.78 is 14.1. The summed E-state index contributed by atoms with van der Waals surface area (Å²) in [4.78, 5) is 5.07. The maximum Gasteiger partial charge on any atom is 0.143 e. The van der Waals surface area contributed by atoms with Crippen LogP contribution in [-0.2, 0) is 10.8 Å². The van der Waals surface area contributed by atoms with Gasteiger partial charge >= 0.3 is 0 Å². The molecule has 128 heavy (non-hydrogen) atoms. The molecule has 0 aliphatic heterocycles. The Morgan fingerprint density at radius 2 is 0.492 bits per heavy atom. The summed E-state index contributed by atoms with van der Waals surface area (Å²) >= 11 is 0. The molecule has 21 aromatic carbocycles. The van der Waals surface area contributed by atoms with E-state index in [1.54, 1.807) is 0 Å². The van der Waals surface area contributed by atoms with Crippen LogP contribution in [0.4, 0.5) is 34.1 Å². The molecule has 2 heterocycles. The summed E-state index contributed by atoms with van der Waals surface area (Å²) in [7, 11) is 0. The Balaban J connectivity index is 0.700. The first-order valence-corrected chi connectivity index (χ1v) is 44.2. The molecule has 0 fully saturated rings. The zero-order valence-electron chi connectivity index (χ0n) is 69.9. The monoisotopic (exact) mass is 1630 g/mol. The van der Waals surface area contributed by atoms with Crippen molar-refractivity contribution in [1.29, 1.82) is 0 Å². The highest BCUT2D eigenvalue weighted by molar-refractivity contribution is 6.14. The maximum absolute atomic E-state index is 7.17. The zero-order chi connectivity index (χ0) is 84.4. The van der Waals surface area contributed by atoms with E-state index in [0.29, 0.717) is 0 Å². The summed E-state index contributed by atoms with van der Waals surface area (Å²) in [6.07, 6.45) is 0. The van der Waals surface area contributed by atoms with Crippen LogP contribution in [0, 0.1) is 0 Å². The third-order valence-electron chi connectivity index (χ3n) is 27.2. The lowest BCUT2D eigenvalue weighted by atomic mass is 9.67. The normalized spacial score (nSPS) is 13.6. The first-order chi connectivity index (χ1) is 63.5. The molecule has 0 radical (unpaired) electrons. The van der Waals surface area contributed by atoms with E-state index in [1.165, 1.54) is 77.2 Å². The molecule has 4 heteroatoms. The minimum absolute atomic E-state index is 0.678. The van der Waals surface area contributed by atoms with Gasteiger partial charge in [0.15, 0.2) is 0 Å². The van der Waals surface area contributed by atoms with Crippen LogP contribution >= 0.6 is 0 Å². The molecule has 25 rings (SSSR count). The van der Waals surface area contributed by atoms with E-state index in [-0.39, 0.29) is 0 Å². The molecule has 0 saturated heterocycles. The van der Waals surface area contributed by atoms with Crippen molar-refractivity contribution in [3.8, 4) is 89.0 Å². The fraction of sp³-hybridized carbons (Fsp3) is 0.0161. The molecule has 0 N–H and O–H groups in total. The molecule has 0 bridgehead atoms. The van der Waals surface area contributed by atoms with Crippen LogP contribution < -0.4 is 9.80 Å². The van der Waals surface area contributed by atoms with Crippen molar-refractivity contribution in [2.75, 3.05) is 9.80 Å². The highest BCUT2D eigenvalue weighted by Crippen LogP contribution is 2.63. The van der Waals surface area contributed by atoms with Crippen LogP contribution in [0.2, 0.25) is 0 Å². The lowest BCUT2D eigenvalue weighted by Crippen LogP contribution is -2.28. The van der Waals surface area contributed by atoms with E-state index in [2.05, 4.69) is 495 Å². The number of para-hydroxylation sites is 5. The summed E-state index contributed by atoms with van der Waals surface area (Å²) in [5.41, 5.74) is 35.2. The Hall–Kier alpha value is -16.7. The van der Waals surface area contributed by atoms with Crippen molar-refractivity contribution in [3.05, 3.63) is 530 Å². The topological polar surface area (TPSA) is 32.8 Å². The van der Waals surface area contributed by atoms with E-state index in [9.17, 15) is 0 Å². The van der Waals surface area contributed by atoms with Gasteiger partial charge in [0.05, 0.1) is 33.6 Å². The quantitative estimate of drug-likeness (QED) is 0.0965. The van der Waals surface area contributed by atoms with Crippen molar-refractivity contribution in [2.24, 2.45) is 0 Å². The third kappa shape index (κ3) is 11.7. The number of benzene rings is 21. The molecule has 4 nitrogen and oxygen atoms in total. The van der Waals surface area contributed by atoms with E-state index < -0.39 is 10.8 Å². The number of furan rings is 2. The van der Waals surface area contributed by atoms with Crippen LogP contribution in [0.1, 0.15) is 44.5 Å². The number of nitrogens with zero attached hydrogens (tertiary/aromatic N) is 2. The minimum Gasteiger partial charge on any atom is -0.455 e. The summed E-state index contributed by atoms with van der Waals surface area (Å²) in [6, 6.07) is 180. The Kier molecular flexibility index (Phi) is 17.4. The Labute approximate surface area is 742 Å². The first-order valence-electron chi connectivity index (χ1n) is 44.2. The molecular formula is C124H80N2O2. The fourth-order valence-corrected chi connectivity index (χ4v) is 21.5. The van der Waals surface area contributed by atoms with Crippen molar-refractivity contribution >= 4 is 99.5 Å². The zero-order valence-corrected chi connectivity index (χ0v) is 69.9. The molecule has 0 saturated carbocycles. The molecular weight excluding hydrogens is 1550 g/mol. The Morgan fingerprint density at radius 1 is 0.172 bits per heavy atom. The van der Waals surface area contributed by atoms with E-state index in [1.807, 2.05) is 0 Å². The highest BCUT2D eigenvalue weighted by atomic mass is 16.3. The van der Waals surface area contributed by atoms with Crippen LogP contribution in [-0.4, -0.2) is 0 Å². The van der Waals surface area contributed by atoms with E-state index in [0.717, 1.165) is 156 Å². The average molecular weight is 1630 g/mol. The predicted molar refractivity (Wildman–Crippen MR) is 533 cm³/mol. The van der Waals surface area contributed by atoms with Gasteiger partial charge in [0.1, 0.15) is 22.3 Å². The van der Waals surface area contributed by atoms with Gasteiger partial charge in [-0.1, -0.05) is 406 Å². The molecule has 0 amide bonds. The molecule has 598 valence electrons. The van der Waals surface area contributed by atoms with Gasteiger partial charge in [0.2, 0.25) is 0 Å².